The normalized spacial score (nSPS) is 21.9. The zero-order chi connectivity index (χ0) is 40.8. The summed E-state index contributed by atoms with van der Waals surface area (Å²) < 4.78 is 10.9. The van der Waals surface area contributed by atoms with Crippen molar-refractivity contribution in [3.05, 3.63) is 0 Å². The molecule has 1 saturated heterocycles. The molecular formula is C41H78NNaO13. The van der Waals surface area contributed by atoms with Crippen LogP contribution in [0.15, 0.2) is 0 Å². The van der Waals surface area contributed by atoms with Crippen LogP contribution in [0.25, 0.3) is 0 Å². The second kappa shape index (κ2) is 35.3. The molecule has 1 heterocycles. The fraction of sp³-hybridized carbons (Fsp3) is 0.951. The van der Waals surface area contributed by atoms with Gasteiger partial charge in [-0.05, 0) is 25.7 Å². The quantitative estimate of drug-likeness (QED) is 0.0297. The number of ether oxygens (including phenoxy) is 2. The number of aliphatic hydroxyl groups excluding tert-OH is 8. The Morgan fingerprint density at radius 3 is 1.54 bits per heavy atom. The molecule has 0 aliphatic carbocycles. The van der Waals surface area contributed by atoms with Crippen molar-refractivity contribution < 1.29 is 94.6 Å². The summed E-state index contributed by atoms with van der Waals surface area (Å²) in [6, 6.07) is 0. The number of carboxylic acid groups (broad SMARTS) is 1. The molecule has 1 fully saturated rings. The molecule has 0 aromatic heterocycles. The Morgan fingerprint density at radius 1 is 0.643 bits per heavy atom. The molecule has 56 heavy (non-hydrogen) atoms. The van der Waals surface area contributed by atoms with Gasteiger partial charge in [0.25, 0.3) is 0 Å². The third kappa shape index (κ3) is 24.6. The second-order valence-electron chi connectivity index (χ2n) is 15.6. The first-order valence-electron chi connectivity index (χ1n) is 21.6. The number of aliphatic carboxylic acids is 1. The average Bonchev–Trinajstić information content (AvgIpc) is 3.17. The largest absolute Gasteiger partial charge is 1.00 e. The van der Waals surface area contributed by atoms with Gasteiger partial charge in [-0.3, -0.25) is 4.79 Å². The van der Waals surface area contributed by atoms with Gasteiger partial charge in [0.05, 0.1) is 13.2 Å². The number of nitrogens with zero attached hydrogens (tertiary/aromatic N) is 1. The molecule has 326 valence electrons. The van der Waals surface area contributed by atoms with Gasteiger partial charge < -0.3 is 65.1 Å². The van der Waals surface area contributed by atoms with E-state index in [1.165, 1.54) is 75.5 Å². The fourth-order valence-electron chi connectivity index (χ4n) is 7.15. The summed E-state index contributed by atoms with van der Waals surface area (Å²) in [6.07, 6.45) is 9.80. The van der Waals surface area contributed by atoms with Gasteiger partial charge in [0.1, 0.15) is 48.8 Å². The maximum absolute atomic E-state index is 13.4. The van der Waals surface area contributed by atoms with Crippen molar-refractivity contribution >= 4 is 11.9 Å². The van der Waals surface area contributed by atoms with E-state index in [4.69, 9.17) is 9.47 Å². The average molecular weight is 816 g/mol. The van der Waals surface area contributed by atoms with Gasteiger partial charge in [-0.1, -0.05) is 135 Å². The predicted octanol–water partition coefficient (Wildman–Crippen LogP) is -0.399. The zero-order valence-electron chi connectivity index (χ0n) is 34.8. The summed E-state index contributed by atoms with van der Waals surface area (Å²) >= 11 is 0. The number of rotatable bonds is 36. The topological polar surface area (TPSA) is 241 Å². The summed E-state index contributed by atoms with van der Waals surface area (Å²) in [5.74, 6) is -1.21. The number of carboxylic acids is 1. The van der Waals surface area contributed by atoms with Crippen LogP contribution < -0.4 is 34.7 Å². The van der Waals surface area contributed by atoms with Gasteiger partial charge in [0, 0.05) is 25.5 Å². The molecule has 1 amide bonds. The maximum atomic E-state index is 13.4. The molecule has 0 bridgehead atoms. The Morgan fingerprint density at radius 2 is 1.09 bits per heavy atom. The molecule has 0 spiro atoms. The number of hydrogen-bond donors (Lipinski definition) is 8. The first-order valence-corrected chi connectivity index (χ1v) is 21.6. The molecule has 1 rings (SSSR count). The zero-order valence-corrected chi connectivity index (χ0v) is 36.8. The van der Waals surface area contributed by atoms with Gasteiger partial charge in [-0.25, -0.2) is 0 Å². The van der Waals surface area contributed by atoms with Crippen molar-refractivity contribution in [3.63, 3.8) is 0 Å². The van der Waals surface area contributed by atoms with Crippen molar-refractivity contribution in [1.82, 2.24) is 4.90 Å². The maximum Gasteiger partial charge on any atom is 1.00 e. The van der Waals surface area contributed by atoms with E-state index in [1.54, 1.807) is 0 Å². The number of carbonyl (C=O) groups excluding carboxylic acids is 2. The monoisotopic (exact) mass is 816 g/mol. The summed E-state index contributed by atoms with van der Waals surface area (Å²) in [4.78, 5) is 25.5. The van der Waals surface area contributed by atoms with Crippen LogP contribution in [0.3, 0.4) is 0 Å². The van der Waals surface area contributed by atoms with Crippen LogP contribution in [0.2, 0.25) is 0 Å². The minimum absolute atomic E-state index is 0. The first-order chi connectivity index (χ1) is 26.5. The molecule has 0 aromatic rings. The second-order valence-corrected chi connectivity index (χ2v) is 15.6. The first kappa shape index (κ1) is 55.5. The molecule has 15 heteroatoms. The number of carbonyl (C=O) groups is 2. The third-order valence-electron chi connectivity index (χ3n) is 10.8. The standard InChI is InChI=1S/C41H79NO13.Na/c1-2-3-4-5-6-7-8-9-10-11-12-13-16-19-22-25-34(47)42(27-24-21-18-15-14-17-20-23-26-35(48)49)28-31(45)36(50)40(32(46)29-43)55-41-39(53)38(52)37(51)33(30-44)54-41;/h31-33,36-41,43-46,50-53H,2-30H2,1H3,(H,48,49);/q;+1/p-1/t31-,32+,33+,36+,37-,38-,39+,40+,41-;/m0./s1. The Kier molecular flexibility index (Phi) is 35.0. The summed E-state index contributed by atoms with van der Waals surface area (Å²) in [7, 11) is 0. The summed E-state index contributed by atoms with van der Waals surface area (Å²) in [6.45, 7) is 0.649. The Labute approximate surface area is 358 Å². The predicted molar refractivity (Wildman–Crippen MR) is 206 cm³/mol. The molecule has 8 N–H and O–H groups in total. The van der Waals surface area contributed by atoms with Crippen LogP contribution in [-0.2, 0) is 19.1 Å². The summed E-state index contributed by atoms with van der Waals surface area (Å²) in [5.41, 5.74) is 0. The number of amides is 1. The van der Waals surface area contributed by atoms with Gasteiger partial charge in [-0.2, -0.15) is 0 Å². The van der Waals surface area contributed by atoms with Crippen LogP contribution in [-0.4, -0.2) is 139 Å². The fourth-order valence-corrected chi connectivity index (χ4v) is 7.15. The molecule has 9 atom stereocenters. The van der Waals surface area contributed by atoms with E-state index in [9.17, 15) is 55.5 Å². The van der Waals surface area contributed by atoms with Crippen LogP contribution >= 0.6 is 0 Å². The van der Waals surface area contributed by atoms with Crippen molar-refractivity contribution in [1.29, 1.82) is 0 Å². The third-order valence-corrected chi connectivity index (χ3v) is 10.8. The summed E-state index contributed by atoms with van der Waals surface area (Å²) in [5, 5.41) is 93.2. The van der Waals surface area contributed by atoms with Gasteiger partial charge in [-0.15, -0.1) is 0 Å². The number of hydrogen-bond acceptors (Lipinski definition) is 13. The van der Waals surface area contributed by atoms with E-state index < -0.39 is 74.3 Å². The van der Waals surface area contributed by atoms with Crippen LogP contribution in [0.1, 0.15) is 167 Å². The Bertz CT molecular complexity index is 951. The van der Waals surface area contributed by atoms with E-state index in [1.807, 2.05) is 0 Å². The van der Waals surface area contributed by atoms with Crippen LogP contribution in [0, 0.1) is 0 Å². The van der Waals surface area contributed by atoms with Gasteiger partial charge in [0.15, 0.2) is 6.29 Å². The van der Waals surface area contributed by atoms with E-state index in [0.29, 0.717) is 25.8 Å². The molecule has 0 aromatic carbocycles. The van der Waals surface area contributed by atoms with E-state index >= 15 is 0 Å². The van der Waals surface area contributed by atoms with Crippen molar-refractivity contribution in [3.8, 4) is 0 Å². The minimum atomic E-state index is -1.87. The SMILES string of the molecule is CCCCCCCCCCCCCCCCCC(=O)N(CCCCCCCCCCC(=O)[O-])C[C@H](O)[C@@H](O)[C@H](O[C@@H]1O[C@H](CO)[C@H](O)[C@H](O)[C@H]1O)[C@H](O)CO.[Na+]. The Balaban J connectivity index is 0.0000302. The molecular weight excluding hydrogens is 737 g/mol. The van der Waals surface area contributed by atoms with Crippen molar-refractivity contribution in [2.45, 2.75) is 223 Å². The van der Waals surface area contributed by atoms with E-state index in [0.717, 1.165) is 57.8 Å². The molecule has 1 aliphatic rings. The van der Waals surface area contributed by atoms with E-state index in [2.05, 4.69) is 6.92 Å². The van der Waals surface area contributed by atoms with Crippen molar-refractivity contribution in [2.75, 3.05) is 26.3 Å². The molecule has 0 saturated carbocycles. The van der Waals surface area contributed by atoms with Crippen LogP contribution in [0.5, 0.6) is 0 Å². The smallest absolute Gasteiger partial charge is 0.550 e. The van der Waals surface area contributed by atoms with Gasteiger partial charge in [0.2, 0.25) is 5.91 Å². The Hall–Kier alpha value is -0.460. The van der Waals surface area contributed by atoms with E-state index in [-0.39, 0.29) is 54.9 Å². The van der Waals surface area contributed by atoms with Gasteiger partial charge >= 0.3 is 29.6 Å². The molecule has 0 radical (unpaired) electrons. The number of aliphatic hydroxyl groups is 8. The molecule has 1 aliphatic heterocycles. The van der Waals surface area contributed by atoms with Crippen molar-refractivity contribution in [2.24, 2.45) is 0 Å². The number of unbranched alkanes of at least 4 members (excludes halogenated alkanes) is 21. The molecule has 14 nitrogen and oxygen atoms in total. The minimum Gasteiger partial charge on any atom is -0.550 e. The van der Waals surface area contributed by atoms with Crippen LogP contribution in [0.4, 0.5) is 0 Å². The molecule has 0 unspecified atom stereocenters.